The average Bonchev–Trinajstić information content (AvgIpc) is 2.77. The van der Waals surface area contributed by atoms with Crippen LogP contribution < -0.4 is 5.32 Å². The maximum absolute atomic E-state index is 11.9. The number of nitrogens with one attached hydrogen (secondary N) is 1. The number of benzene rings is 1. The molecule has 0 radical (unpaired) electrons. The quantitative estimate of drug-likeness (QED) is 0.850. The fourth-order valence-electron chi connectivity index (χ4n) is 1.48. The van der Waals surface area contributed by atoms with E-state index in [1.807, 2.05) is 24.3 Å². The highest BCUT2D eigenvalue weighted by Crippen LogP contribution is 2.17. The molecular formula is C12H12ClN3O. The molecule has 1 aromatic carbocycles. The summed E-state index contributed by atoms with van der Waals surface area (Å²) in [6, 6.07) is 9.09. The summed E-state index contributed by atoms with van der Waals surface area (Å²) in [6.07, 6.45) is 1.72. The molecule has 1 amide bonds. The van der Waals surface area contributed by atoms with Gasteiger partial charge in [0.25, 0.3) is 5.91 Å². The monoisotopic (exact) mass is 249 g/mol. The molecule has 1 N–H and O–H groups in total. The van der Waals surface area contributed by atoms with E-state index in [4.69, 9.17) is 11.6 Å². The van der Waals surface area contributed by atoms with Gasteiger partial charge in [-0.3, -0.25) is 9.48 Å². The molecule has 1 aromatic heterocycles. The van der Waals surface area contributed by atoms with E-state index in [0.717, 1.165) is 11.3 Å². The lowest BCUT2D eigenvalue weighted by molar-refractivity contribution is 0.102. The number of alkyl halides is 1. The van der Waals surface area contributed by atoms with Gasteiger partial charge in [0.15, 0.2) is 5.69 Å². The SMILES string of the molecule is Cn1ccc(C(=O)Nc2ccccc2CCl)n1. The van der Waals surface area contributed by atoms with Gasteiger partial charge in [0.2, 0.25) is 0 Å². The van der Waals surface area contributed by atoms with Crippen molar-refractivity contribution in [2.75, 3.05) is 5.32 Å². The first-order chi connectivity index (χ1) is 8.20. The lowest BCUT2D eigenvalue weighted by Crippen LogP contribution is -2.14. The smallest absolute Gasteiger partial charge is 0.276 e. The van der Waals surface area contributed by atoms with E-state index < -0.39 is 0 Å². The minimum atomic E-state index is -0.233. The van der Waals surface area contributed by atoms with E-state index >= 15 is 0 Å². The summed E-state index contributed by atoms with van der Waals surface area (Å²) in [5.74, 6) is 0.127. The van der Waals surface area contributed by atoms with Crippen LogP contribution in [-0.4, -0.2) is 15.7 Å². The Labute approximate surface area is 104 Å². The standard InChI is InChI=1S/C12H12ClN3O/c1-16-7-6-11(15-16)12(17)14-10-5-3-2-4-9(10)8-13/h2-7H,8H2,1H3,(H,14,17). The number of hydrogen-bond donors (Lipinski definition) is 1. The number of amides is 1. The molecule has 0 fully saturated rings. The highest BCUT2D eigenvalue weighted by atomic mass is 35.5. The summed E-state index contributed by atoms with van der Waals surface area (Å²) in [5, 5.41) is 6.83. The van der Waals surface area contributed by atoms with E-state index in [9.17, 15) is 4.79 Å². The molecule has 17 heavy (non-hydrogen) atoms. The van der Waals surface area contributed by atoms with E-state index in [1.54, 1.807) is 24.0 Å². The topological polar surface area (TPSA) is 46.9 Å². The van der Waals surface area contributed by atoms with Crippen LogP contribution in [0.2, 0.25) is 0 Å². The first-order valence-corrected chi connectivity index (χ1v) is 5.69. The van der Waals surface area contributed by atoms with Crippen molar-refractivity contribution >= 4 is 23.2 Å². The Kier molecular flexibility index (Phi) is 3.44. The summed E-state index contributed by atoms with van der Waals surface area (Å²) < 4.78 is 1.59. The van der Waals surface area contributed by atoms with Crippen molar-refractivity contribution in [1.82, 2.24) is 9.78 Å². The van der Waals surface area contributed by atoms with Crippen LogP contribution in [-0.2, 0) is 12.9 Å². The molecule has 0 aliphatic carbocycles. The number of aryl methyl sites for hydroxylation is 1. The van der Waals surface area contributed by atoms with Gasteiger partial charge in [0, 0.05) is 24.8 Å². The third kappa shape index (κ3) is 2.65. The van der Waals surface area contributed by atoms with Crippen molar-refractivity contribution in [3.8, 4) is 0 Å². The van der Waals surface area contributed by atoms with Crippen LogP contribution in [0.3, 0.4) is 0 Å². The zero-order valence-electron chi connectivity index (χ0n) is 9.35. The van der Waals surface area contributed by atoms with Gasteiger partial charge in [-0.25, -0.2) is 0 Å². The predicted octanol–water partition coefficient (Wildman–Crippen LogP) is 2.41. The van der Waals surface area contributed by atoms with Gasteiger partial charge in [-0.05, 0) is 17.7 Å². The van der Waals surface area contributed by atoms with Gasteiger partial charge < -0.3 is 5.32 Å². The van der Waals surface area contributed by atoms with Gasteiger partial charge in [-0.15, -0.1) is 11.6 Å². The molecule has 2 aromatic rings. The number of halogens is 1. The van der Waals surface area contributed by atoms with Gasteiger partial charge in [0.1, 0.15) is 0 Å². The fourth-order valence-corrected chi connectivity index (χ4v) is 1.71. The van der Waals surface area contributed by atoms with Gasteiger partial charge in [-0.2, -0.15) is 5.10 Å². The van der Waals surface area contributed by atoms with Crippen molar-refractivity contribution in [2.24, 2.45) is 7.05 Å². The third-order valence-corrected chi connectivity index (χ3v) is 2.64. The van der Waals surface area contributed by atoms with Gasteiger partial charge >= 0.3 is 0 Å². The lowest BCUT2D eigenvalue weighted by Gasteiger charge is -2.07. The summed E-state index contributed by atoms with van der Waals surface area (Å²) in [7, 11) is 1.77. The Morgan fingerprint density at radius 1 is 1.41 bits per heavy atom. The van der Waals surface area contributed by atoms with Crippen LogP contribution in [0.15, 0.2) is 36.5 Å². The van der Waals surface area contributed by atoms with Crippen molar-refractivity contribution in [1.29, 1.82) is 0 Å². The van der Waals surface area contributed by atoms with Gasteiger partial charge in [0.05, 0.1) is 0 Å². The third-order valence-electron chi connectivity index (χ3n) is 2.36. The van der Waals surface area contributed by atoms with Crippen LogP contribution in [0.5, 0.6) is 0 Å². The van der Waals surface area contributed by atoms with Crippen LogP contribution >= 0.6 is 11.6 Å². The molecular weight excluding hydrogens is 238 g/mol. The number of para-hydroxylation sites is 1. The molecule has 1 heterocycles. The number of nitrogens with zero attached hydrogens (tertiary/aromatic N) is 2. The highest BCUT2D eigenvalue weighted by molar-refractivity contribution is 6.17. The number of anilines is 1. The van der Waals surface area contributed by atoms with Gasteiger partial charge in [-0.1, -0.05) is 18.2 Å². The Balaban J connectivity index is 2.18. The molecule has 5 heteroatoms. The molecule has 0 saturated heterocycles. The second kappa shape index (κ2) is 5.01. The first kappa shape index (κ1) is 11.7. The highest BCUT2D eigenvalue weighted by Gasteiger charge is 2.10. The van der Waals surface area contributed by atoms with Crippen molar-refractivity contribution in [3.63, 3.8) is 0 Å². The largest absolute Gasteiger partial charge is 0.320 e. The van der Waals surface area contributed by atoms with E-state index in [0.29, 0.717) is 11.6 Å². The molecule has 0 aliphatic rings. The zero-order chi connectivity index (χ0) is 12.3. The summed E-state index contributed by atoms with van der Waals surface area (Å²) in [5.41, 5.74) is 1.99. The van der Waals surface area contributed by atoms with Crippen molar-refractivity contribution in [2.45, 2.75) is 5.88 Å². The van der Waals surface area contributed by atoms with Crippen LogP contribution in [0.1, 0.15) is 16.1 Å². The molecule has 2 rings (SSSR count). The van der Waals surface area contributed by atoms with E-state index in [2.05, 4.69) is 10.4 Å². The summed E-state index contributed by atoms with van der Waals surface area (Å²) >= 11 is 5.79. The van der Waals surface area contributed by atoms with E-state index in [-0.39, 0.29) is 5.91 Å². The number of carbonyl (C=O) groups is 1. The maximum atomic E-state index is 11.9. The summed E-state index contributed by atoms with van der Waals surface area (Å²) in [4.78, 5) is 11.9. The first-order valence-electron chi connectivity index (χ1n) is 5.15. The number of carbonyl (C=O) groups excluding carboxylic acids is 1. The van der Waals surface area contributed by atoms with Crippen LogP contribution in [0, 0.1) is 0 Å². The Bertz CT molecular complexity index is 536. The Morgan fingerprint density at radius 3 is 2.82 bits per heavy atom. The average molecular weight is 250 g/mol. The number of rotatable bonds is 3. The second-order valence-corrected chi connectivity index (χ2v) is 3.89. The minimum Gasteiger partial charge on any atom is -0.320 e. The maximum Gasteiger partial charge on any atom is 0.276 e. The number of hydrogen-bond acceptors (Lipinski definition) is 2. The summed E-state index contributed by atoms with van der Waals surface area (Å²) in [6.45, 7) is 0. The normalized spacial score (nSPS) is 10.2. The zero-order valence-corrected chi connectivity index (χ0v) is 10.1. The molecule has 0 aliphatic heterocycles. The Morgan fingerprint density at radius 2 is 2.18 bits per heavy atom. The minimum absolute atomic E-state index is 0.233. The van der Waals surface area contributed by atoms with E-state index in [1.165, 1.54) is 0 Å². The molecule has 0 spiro atoms. The van der Waals surface area contributed by atoms with Crippen LogP contribution in [0.4, 0.5) is 5.69 Å². The molecule has 4 nitrogen and oxygen atoms in total. The van der Waals surface area contributed by atoms with Crippen molar-refractivity contribution < 1.29 is 4.79 Å². The molecule has 88 valence electrons. The Hall–Kier alpha value is -1.81. The number of aromatic nitrogens is 2. The second-order valence-electron chi connectivity index (χ2n) is 3.62. The predicted molar refractivity (Wildman–Crippen MR) is 67.2 cm³/mol. The fraction of sp³-hybridized carbons (Fsp3) is 0.167. The molecule has 0 unspecified atom stereocenters. The molecule has 0 bridgehead atoms. The molecule has 0 atom stereocenters. The molecule has 0 saturated carbocycles. The van der Waals surface area contributed by atoms with Crippen molar-refractivity contribution in [3.05, 3.63) is 47.8 Å². The lowest BCUT2D eigenvalue weighted by atomic mass is 10.2. The van der Waals surface area contributed by atoms with Crippen LogP contribution in [0.25, 0.3) is 0 Å².